The summed E-state index contributed by atoms with van der Waals surface area (Å²) in [6, 6.07) is 30.2. The maximum Gasteiger partial charge on any atom is 0.264 e. The zero-order chi connectivity index (χ0) is 32.6. The van der Waals surface area contributed by atoms with Crippen molar-refractivity contribution in [3.05, 3.63) is 131 Å². The van der Waals surface area contributed by atoms with Crippen LogP contribution in [0.1, 0.15) is 41.7 Å². The van der Waals surface area contributed by atoms with Crippen molar-refractivity contribution in [1.29, 1.82) is 0 Å². The van der Waals surface area contributed by atoms with E-state index in [2.05, 4.69) is 5.32 Å². The molecule has 0 saturated heterocycles. The lowest BCUT2D eigenvalue weighted by molar-refractivity contribution is -0.140. The Hall–Kier alpha value is -4.43. The van der Waals surface area contributed by atoms with Crippen molar-refractivity contribution >= 4 is 27.5 Å². The molecule has 236 valence electrons. The van der Waals surface area contributed by atoms with Gasteiger partial charge in [0.15, 0.2) is 0 Å². The molecule has 4 rings (SSSR count). The highest BCUT2D eigenvalue weighted by Crippen LogP contribution is 2.26. The number of hydrogen-bond donors (Lipinski definition) is 1. The second kappa shape index (κ2) is 15.0. The molecule has 0 unspecified atom stereocenters. The maximum absolute atomic E-state index is 14.5. The van der Waals surface area contributed by atoms with E-state index < -0.39 is 28.5 Å². The van der Waals surface area contributed by atoms with Gasteiger partial charge in [-0.3, -0.25) is 13.9 Å². The number of carbonyl (C=O) groups is 2. The number of hydrogen-bond acceptors (Lipinski definition) is 4. The minimum Gasteiger partial charge on any atom is -0.354 e. The van der Waals surface area contributed by atoms with Crippen LogP contribution >= 0.6 is 0 Å². The number of carbonyl (C=O) groups excluding carboxylic acids is 2. The van der Waals surface area contributed by atoms with Crippen molar-refractivity contribution in [2.75, 3.05) is 17.4 Å². The standard InChI is InChI=1S/C37H43N3O4S/c1-27(2)24-38-37(42)35(23-31-11-7-6-8-12-31)39(25-32-18-14-28(3)15-19-32)36(41)26-40(33-13-9-10-30(5)22-33)45(43,44)34-20-16-29(4)17-21-34/h6-22,27,35H,23-26H2,1-5H3,(H,38,42)/t35-/m1/s1. The minimum atomic E-state index is -4.14. The van der Waals surface area contributed by atoms with E-state index in [1.54, 1.807) is 42.5 Å². The Labute approximate surface area is 268 Å². The first-order valence-electron chi connectivity index (χ1n) is 15.3. The topological polar surface area (TPSA) is 86.8 Å². The molecule has 0 saturated carbocycles. The first-order valence-corrected chi connectivity index (χ1v) is 16.7. The molecule has 8 heteroatoms. The highest BCUT2D eigenvalue weighted by molar-refractivity contribution is 7.92. The number of rotatable bonds is 13. The summed E-state index contributed by atoms with van der Waals surface area (Å²) >= 11 is 0. The molecule has 1 N–H and O–H groups in total. The normalized spacial score (nSPS) is 12.0. The average Bonchev–Trinajstić information content (AvgIpc) is 3.01. The summed E-state index contributed by atoms with van der Waals surface area (Å²) in [4.78, 5) is 30.0. The predicted octanol–water partition coefficient (Wildman–Crippen LogP) is 6.22. The molecular formula is C37H43N3O4S. The zero-order valence-corrected chi connectivity index (χ0v) is 27.6. The molecule has 2 amide bonds. The van der Waals surface area contributed by atoms with Crippen molar-refractivity contribution in [1.82, 2.24) is 10.2 Å². The summed E-state index contributed by atoms with van der Waals surface area (Å²) in [5, 5.41) is 3.02. The van der Waals surface area contributed by atoms with E-state index in [-0.39, 0.29) is 29.7 Å². The van der Waals surface area contributed by atoms with E-state index in [4.69, 9.17) is 0 Å². The molecule has 0 heterocycles. The van der Waals surface area contributed by atoms with Crippen molar-refractivity contribution in [2.24, 2.45) is 5.92 Å². The van der Waals surface area contributed by atoms with Crippen LogP contribution in [-0.4, -0.2) is 44.3 Å². The van der Waals surface area contributed by atoms with Crippen molar-refractivity contribution < 1.29 is 18.0 Å². The highest BCUT2D eigenvalue weighted by atomic mass is 32.2. The maximum atomic E-state index is 14.5. The summed E-state index contributed by atoms with van der Waals surface area (Å²) in [6.45, 7) is 9.88. The fraction of sp³-hybridized carbons (Fsp3) is 0.297. The van der Waals surface area contributed by atoms with Crippen LogP contribution in [0.2, 0.25) is 0 Å². The van der Waals surface area contributed by atoms with Gasteiger partial charge in [-0.25, -0.2) is 8.42 Å². The van der Waals surface area contributed by atoms with Crippen LogP contribution in [0.3, 0.4) is 0 Å². The fourth-order valence-electron chi connectivity index (χ4n) is 5.02. The van der Waals surface area contributed by atoms with E-state index in [9.17, 15) is 18.0 Å². The molecule has 4 aromatic carbocycles. The summed E-state index contributed by atoms with van der Waals surface area (Å²) in [5.74, 6) is -0.547. The Bertz CT molecular complexity index is 1690. The molecule has 0 aliphatic rings. The second-order valence-corrected chi connectivity index (χ2v) is 13.9. The Balaban J connectivity index is 1.79. The summed E-state index contributed by atoms with van der Waals surface area (Å²) in [7, 11) is -4.14. The van der Waals surface area contributed by atoms with Gasteiger partial charge < -0.3 is 10.2 Å². The van der Waals surface area contributed by atoms with Gasteiger partial charge in [-0.15, -0.1) is 0 Å². The quantitative estimate of drug-likeness (QED) is 0.191. The van der Waals surface area contributed by atoms with Crippen LogP contribution in [0.5, 0.6) is 0 Å². The van der Waals surface area contributed by atoms with Gasteiger partial charge in [0, 0.05) is 19.5 Å². The molecule has 0 aliphatic heterocycles. The SMILES string of the molecule is Cc1ccc(CN(C(=O)CN(c2cccc(C)c2)S(=O)(=O)c2ccc(C)cc2)[C@H](Cc2ccccc2)C(=O)NCC(C)C)cc1. The molecule has 1 atom stereocenters. The van der Waals surface area contributed by atoms with E-state index in [0.29, 0.717) is 12.2 Å². The van der Waals surface area contributed by atoms with Crippen molar-refractivity contribution in [3.63, 3.8) is 0 Å². The van der Waals surface area contributed by atoms with Crippen molar-refractivity contribution in [3.8, 4) is 0 Å². The number of benzene rings is 4. The number of sulfonamides is 1. The number of anilines is 1. The third-order valence-electron chi connectivity index (χ3n) is 7.61. The Morgan fingerprint density at radius 2 is 1.36 bits per heavy atom. The van der Waals surface area contributed by atoms with Gasteiger partial charge in [0.05, 0.1) is 10.6 Å². The molecule has 0 bridgehead atoms. The summed E-state index contributed by atoms with van der Waals surface area (Å²) < 4.78 is 29.5. The first-order chi connectivity index (χ1) is 21.4. The van der Waals surface area contributed by atoms with Gasteiger partial charge in [-0.1, -0.05) is 104 Å². The average molecular weight is 626 g/mol. The highest BCUT2D eigenvalue weighted by Gasteiger charge is 2.34. The van der Waals surface area contributed by atoms with E-state index >= 15 is 0 Å². The first kappa shape index (κ1) is 33.5. The molecule has 0 aliphatic carbocycles. The van der Waals surface area contributed by atoms with Gasteiger partial charge in [0.25, 0.3) is 10.0 Å². The lowest BCUT2D eigenvalue weighted by Crippen LogP contribution is -2.53. The lowest BCUT2D eigenvalue weighted by Gasteiger charge is -2.34. The number of aryl methyl sites for hydroxylation is 3. The molecular weight excluding hydrogens is 582 g/mol. The van der Waals surface area contributed by atoms with Crippen LogP contribution < -0.4 is 9.62 Å². The molecule has 0 aromatic heterocycles. The third-order valence-corrected chi connectivity index (χ3v) is 9.39. The molecule has 7 nitrogen and oxygen atoms in total. The predicted molar refractivity (Wildman–Crippen MR) is 180 cm³/mol. The monoisotopic (exact) mass is 625 g/mol. The Morgan fingerprint density at radius 3 is 1.96 bits per heavy atom. The Morgan fingerprint density at radius 1 is 0.733 bits per heavy atom. The van der Waals surface area contributed by atoms with Crippen LogP contribution in [0.25, 0.3) is 0 Å². The van der Waals surface area contributed by atoms with Gasteiger partial charge >= 0.3 is 0 Å². The van der Waals surface area contributed by atoms with Gasteiger partial charge in [-0.05, 0) is 67.6 Å². The zero-order valence-electron chi connectivity index (χ0n) is 26.7. The van der Waals surface area contributed by atoms with E-state index in [0.717, 1.165) is 32.1 Å². The molecule has 0 fully saturated rings. The van der Waals surface area contributed by atoms with Gasteiger partial charge in [0.1, 0.15) is 12.6 Å². The number of nitrogens with zero attached hydrogens (tertiary/aromatic N) is 2. The van der Waals surface area contributed by atoms with Crippen molar-refractivity contribution in [2.45, 2.75) is 58.5 Å². The Kier molecular flexibility index (Phi) is 11.2. The lowest BCUT2D eigenvalue weighted by atomic mass is 10.0. The fourth-order valence-corrected chi connectivity index (χ4v) is 6.42. The number of nitrogens with one attached hydrogen (secondary N) is 1. The van der Waals surface area contributed by atoms with Gasteiger partial charge in [-0.2, -0.15) is 0 Å². The second-order valence-electron chi connectivity index (χ2n) is 12.0. The van der Waals surface area contributed by atoms with Crippen LogP contribution in [0, 0.1) is 26.7 Å². The van der Waals surface area contributed by atoms with E-state index in [1.807, 2.05) is 95.3 Å². The van der Waals surface area contributed by atoms with Crippen LogP contribution in [0.4, 0.5) is 5.69 Å². The van der Waals surface area contributed by atoms with Gasteiger partial charge in [0.2, 0.25) is 11.8 Å². The molecule has 0 spiro atoms. The largest absolute Gasteiger partial charge is 0.354 e. The summed E-state index contributed by atoms with van der Waals surface area (Å²) in [6.07, 6.45) is 0.275. The molecule has 0 radical (unpaired) electrons. The minimum absolute atomic E-state index is 0.0861. The number of amides is 2. The van der Waals surface area contributed by atoms with Crippen LogP contribution in [0.15, 0.2) is 108 Å². The summed E-state index contributed by atoms with van der Waals surface area (Å²) in [5.41, 5.74) is 4.96. The third kappa shape index (κ3) is 9.05. The molecule has 4 aromatic rings. The van der Waals surface area contributed by atoms with Crippen LogP contribution in [-0.2, 0) is 32.6 Å². The smallest absolute Gasteiger partial charge is 0.264 e. The van der Waals surface area contributed by atoms with E-state index in [1.165, 1.54) is 4.90 Å². The molecule has 45 heavy (non-hydrogen) atoms.